The molecule has 24 heavy (non-hydrogen) atoms. The van der Waals surface area contributed by atoms with Crippen molar-refractivity contribution in [1.82, 2.24) is 10.3 Å². The lowest BCUT2D eigenvalue weighted by atomic mass is 10.1. The number of aryl methyl sites for hydroxylation is 1. The zero-order valence-corrected chi connectivity index (χ0v) is 14.9. The van der Waals surface area contributed by atoms with Crippen molar-refractivity contribution in [3.8, 4) is 10.6 Å². The number of halogens is 1. The highest BCUT2D eigenvalue weighted by Gasteiger charge is 2.57. The van der Waals surface area contributed by atoms with Gasteiger partial charge in [0, 0.05) is 10.6 Å². The summed E-state index contributed by atoms with van der Waals surface area (Å²) in [5.74, 6) is -1.46. The summed E-state index contributed by atoms with van der Waals surface area (Å²) in [6.45, 7) is 3.74. The average Bonchev–Trinajstić information content (AvgIpc) is 3.26. The highest BCUT2D eigenvalue weighted by molar-refractivity contribution is 7.15. The molecule has 1 aromatic carbocycles. The first-order valence-electron chi connectivity index (χ1n) is 7.61. The monoisotopic (exact) mass is 364 g/mol. The third-order valence-corrected chi connectivity index (χ3v) is 5.90. The van der Waals surface area contributed by atoms with Crippen LogP contribution in [0.15, 0.2) is 24.3 Å². The molecule has 1 amide bonds. The van der Waals surface area contributed by atoms with Gasteiger partial charge in [0.15, 0.2) is 0 Å². The van der Waals surface area contributed by atoms with Crippen LogP contribution in [0.1, 0.15) is 36.4 Å². The Kier molecular flexibility index (Phi) is 4.36. The van der Waals surface area contributed by atoms with E-state index in [9.17, 15) is 14.7 Å². The average molecular weight is 365 g/mol. The first-order chi connectivity index (χ1) is 11.3. The fraction of sp³-hybridized carbons (Fsp3) is 0.353. The first kappa shape index (κ1) is 16.9. The molecule has 1 aliphatic rings. The van der Waals surface area contributed by atoms with Crippen LogP contribution in [0, 0.1) is 12.3 Å². The van der Waals surface area contributed by atoms with Crippen molar-refractivity contribution in [2.24, 2.45) is 5.41 Å². The van der Waals surface area contributed by atoms with Crippen molar-refractivity contribution >= 4 is 34.8 Å². The molecule has 1 aromatic heterocycles. The van der Waals surface area contributed by atoms with Gasteiger partial charge in [-0.2, -0.15) is 0 Å². The van der Waals surface area contributed by atoms with Gasteiger partial charge >= 0.3 is 5.97 Å². The molecule has 1 aliphatic carbocycles. The molecule has 1 atom stereocenters. The summed E-state index contributed by atoms with van der Waals surface area (Å²) in [5, 5.41) is 13.5. The minimum absolute atomic E-state index is 0.284. The van der Waals surface area contributed by atoms with Gasteiger partial charge < -0.3 is 10.4 Å². The lowest BCUT2D eigenvalue weighted by Crippen LogP contribution is -2.38. The van der Waals surface area contributed by atoms with E-state index in [1.54, 1.807) is 0 Å². The largest absolute Gasteiger partial charge is 0.480 e. The maximum atomic E-state index is 12.3. The summed E-state index contributed by atoms with van der Waals surface area (Å²) >= 11 is 7.40. The van der Waals surface area contributed by atoms with E-state index in [0.29, 0.717) is 17.9 Å². The van der Waals surface area contributed by atoms with Crippen LogP contribution in [0.25, 0.3) is 10.6 Å². The summed E-state index contributed by atoms with van der Waals surface area (Å²) in [4.78, 5) is 29.0. The molecular weight excluding hydrogens is 348 g/mol. The molecular formula is C17H17ClN2O3S. The van der Waals surface area contributed by atoms with Gasteiger partial charge in [0.25, 0.3) is 0 Å². The van der Waals surface area contributed by atoms with Gasteiger partial charge in [0.1, 0.15) is 10.4 Å². The SMILES string of the molecule is Cc1nc(-c2ccc(Cl)cc2)sc1C(C)NC(=O)C1(C(=O)O)CC1. The number of carbonyl (C=O) groups excluding carboxylic acids is 1. The van der Waals surface area contributed by atoms with E-state index in [4.69, 9.17) is 11.6 Å². The number of carboxylic acid groups (broad SMARTS) is 1. The number of aliphatic carboxylic acids is 1. The molecule has 1 heterocycles. The molecule has 0 saturated heterocycles. The van der Waals surface area contributed by atoms with Crippen molar-refractivity contribution in [2.45, 2.75) is 32.7 Å². The Hall–Kier alpha value is -1.92. The zero-order chi connectivity index (χ0) is 17.5. The van der Waals surface area contributed by atoms with Gasteiger partial charge in [-0.25, -0.2) is 4.98 Å². The molecule has 0 radical (unpaired) electrons. The molecule has 2 aromatic rings. The summed E-state index contributed by atoms with van der Waals surface area (Å²) in [6, 6.07) is 7.13. The second-order valence-electron chi connectivity index (χ2n) is 6.06. The van der Waals surface area contributed by atoms with E-state index in [1.165, 1.54) is 11.3 Å². The minimum Gasteiger partial charge on any atom is -0.480 e. The summed E-state index contributed by atoms with van der Waals surface area (Å²) < 4.78 is 0. The quantitative estimate of drug-likeness (QED) is 0.790. The Bertz CT molecular complexity index is 797. The molecule has 1 unspecified atom stereocenters. The number of aromatic nitrogens is 1. The Morgan fingerprint density at radius 1 is 1.33 bits per heavy atom. The number of amides is 1. The Morgan fingerprint density at radius 3 is 2.50 bits per heavy atom. The lowest BCUT2D eigenvalue weighted by Gasteiger charge is -2.16. The number of carboxylic acids is 1. The van der Waals surface area contributed by atoms with Gasteiger partial charge in [0.05, 0.1) is 16.6 Å². The van der Waals surface area contributed by atoms with Crippen molar-refractivity contribution in [2.75, 3.05) is 0 Å². The van der Waals surface area contributed by atoms with Crippen LogP contribution in [0.5, 0.6) is 0 Å². The fourth-order valence-electron chi connectivity index (χ4n) is 2.59. The normalized spacial score (nSPS) is 16.5. The van der Waals surface area contributed by atoms with Gasteiger partial charge in [-0.15, -0.1) is 11.3 Å². The number of hydrogen-bond acceptors (Lipinski definition) is 4. The number of rotatable bonds is 5. The van der Waals surface area contributed by atoms with Crippen molar-refractivity contribution in [3.05, 3.63) is 39.9 Å². The highest BCUT2D eigenvalue weighted by atomic mass is 35.5. The van der Waals surface area contributed by atoms with E-state index < -0.39 is 17.3 Å². The molecule has 1 saturated carbocycles. The van der Waals surface area contributed by atoms with Gasteiger partial charge in [-0.1, -0.05) is 23.7 Å². The van der Waals surface area contributed by atoms with Crippen molar-refractivity contribution in [3.63, 3.8) is 0 Å². The van der Waals surface area contributed by atoms with Crippen molar-refractivity contribution in [1.29, 1.82) is 0 Å². The summed E-state index contributed by atoms with van der Waals surface area (Å²) in [6.07, 6.45) is 0.803. The summed E-state index contributed by atoms with van der Waals surface area (Å²) in [7, 11) is 0. The third-order valence-electron chi connectivity index (χ3n) is 4.26. The van der Waals surface area contributed by atoms with Gasteiger partial charge in [-0.3, -0.25) is 9.59 Å². The smallest absolute Gasteiger partial charge is 0.319 e. The standard InChI is InChI=1S/C17H17ClN2O3S/c1-9-13(10(2)20-15(21)17(7-8-17)16(22)23)24-14(19-9)11-3-5-12(18)6-4-11/h3-6,10H,7-8H2,1-2H3,(H,20,21)(H,22,23). The highest BCUT2D eigenvalue weighted by Crippen LogP contribution is 2.46. The number of benzene rings is 1. The van der Waals surface area contributed by atoms with Crippen LogP contribution in [-0.2, 0) is 9.59 Å². The van der Waals surface area contributed by atoms with Crippen LogP contribution < -0.4 is 5.32 Å². The van der Waals surface area contributed by atoms with Crippen LogP contribution >= 0.6 is 22.9 Å². The number of thiazole rings is 1. The molecule has 0 aliphatic heterocycles. The van der Waals surface area contributed by atoms with Crippen molar-refractivity contribution < 1.29 is 14.7 Å². The number of carbonyl (C=O) groups is 2. The first-order valence-corrected chi connectivity index (χ1v) is 8.80. The molecule has 5 nitrogen and oxygen atoms in total. The predicted octanol–water partition coefficient (Wildman–Crippen LogP) is 3.81. The Labute approximate surface area is 148 Å². The zero-order valence-electron chi connectivity index (χ0n) is 13.3. The van der Waals surface area contributed by atoms with Crippen LogP contribution in [0.4, 0.5) is 0 Å². The molecule has 0 bridgehead atoms. The van der Waals surface area contributed by atoms with E-state index in [2.05, 4.69) is 10.3 Å². The summed E-state index contributed by atoms with van der Waals surface area (Å²) in [5.41, 5.74) is 0.561. The third kappa shape index (κ3) is 3.03. The van der Waals surface area contributed by atoms with E-state index in [1.807, 2.05) is 38.1 Å². The molecule has 126 valence electrons. The fourth-order valence-corrected chi connectivity index (χ4v) is 3.79. The van der Waals surface area contributed by atoms with E-state index in [-0.39, 0.29) is 6.04 Å². The number of hydrogen-bond donors (Lipinski definition) is 2. The number of nitrogens with zero attached hydrogens (tertiary/aromatic N) is 1. The Balaban J connectivity index is 1.78. The van der Waals surface area contributed by atoms with Gasteiger partial charge in [0.2, 0.25) is 5.91 Å². The van der Waals surface area contributed by atoms with E-state index in [0.717, 1.165) is 21.1 Å². The predicted molar refractivity (Wildman–Crippen MR) is 93.2 cm³/mol. The molecule has 1 fully saturated rings. The van der Waals surface area contributed by atoms with Gasteiger partial charge in [-0.05, 0) is 38.8 Å². The maximum Gasteiger partial charge on any atom is 0.319 e. The maximum absolute atomic E-state index is 12.3. The lowest BCUT2D eigenvalue weighted by molar-refractivity contribution is -0.149. The number of nitrogens with one attached hydrogen (secondary N) is 1. The van der Waals surface area contributed by atoms with Crippen LogP contribution in [-0.4, -0.2) is 22.0 Å². The molecule has 7 heteroatoms. The Morgan fingerprint density at radius 2 is 1.96 bits per heavy atom. The minimum atomic E-state index is -1.23. The second kappa shape index (κ2) is 6.18. The topological polar surface area (TPSA) is 79.3 Å². The second-order valence-corrected chi connectivity index (χ2v) is 7.53. The van der Waals surface area contributed by atoms with Crippen LogP contribution in [0.2, 0.25) is 5.02 Å². The molecule has 2 N–H and O–H groups in total. The molecule has 3 rings (SSSR count). The van der Waals surface area contributed by atoms with E-state index >= 15 is 0 Å². The molecule has 0 spiro atoms. The van der Waals surface area contributed by atoms with Crippen LogP contribution in [0.3, 0.4) is 0 Å².